The Balaban J connectivity index is 1.34. The largest absolute Gasteiger partial charge is 0.493 e. The van der Waals surface area contributed by atoms with Crippen LogP contribution in [0.5, 0.6) is 5.75 Å². The van der Waals surface area contributed by atoms with E-state index >= 15 is 0 Å². The molecule has 0 aliphatic rings. The van der Waals surface area contributed by atoms with E-state index in [1.54, 1.807) is 12.1 Å². The molecule has 4 rings (SSSR count). The Hall–Kier alpha value is -3.54. The maximum atomic E-state index is 12.1. The van der Waals surface area contributed by atoms with Gasteiger partial charge in [-0.25, -0.2) is 4.98 Å². The Morgan fingerprint density at radius 2 is 1.84 bits per heavy atom. The second-order valence-corrected chi connectivity index (χ2v) is 7.93. The van der Waals surface area contributed by atoms with E-state index < -0.39 is 0 Å². The van der Waals surface area contributed by atoms with Crippen LogP contribution in [0.1, 0.15) is 40.3 Å². The highest BCUT2D eigenvalue weighted by Crippen LogP contribution is 2.23. The molecule has 0 bridgehead atoms. The number of ether oxygens (including phenoxy) is 1. The molecular weight excluding hydrogens is 402 g/mol. The van der Waals surface area contributed by atoms with Gasteiger partial charge in [0.25, 0.3) is 5.91 Å². The predicted molar refractivity (Wildman–Crippen MR) is 125 cm³/mol. The molecule has 32 heavy (non-hydrogen) atoms. The number of carbonyl (C=O) groups is 1. The van der Waals surface area contributed by atoms with Crippen molar-refractivity contribution >= 4 is 16.9 Å². The van der Waals surface area contributed by atoms with Crippen molar-refractivity contribution < 1.29 is 13.9 Å². The van der Waals surface area contributed by atoms with Gasteiger partial charge in [-0.1, -0.05) is 30.3 Å². The zero-order valence-electron chi connectivity index (χ0n) is 18.6. The molecule has 0 aliphatic heterocycles. The fraction of sp³-hybridized carbons (Fsp3) is 0.308. The van der Waals surface area contributed by atoms with Gasteiger partial charge in [0.15, 0.2) is 5.76 Å². The first-order valence-electron chi connectivity index (χ1n) is 11.1. The molecule has 4 aromatic rings. The van der Waals surface area contributed by atoms with Gasteiger partial charge in [-0.2, -0.15) is 0 Å². The van der Waals surface area contributed by atoms with E-state index in [2.05, 4.69) is 48.0 Å². The van der Waals surface area contributed by atoms with Gasteiger partial charge < -0.3 is 19.0 Å². The van der Waals surface area contributed by atoms with E-state index in [-0.39, 0.29) is 5.91 Å². The summed E-state index contributed by atoms with van der Waals surface area (Å²) in [5, 5.41) is 2.90. The third kappa shape index (κ3) is 5.02. The minimum Gasteiger partial charge on any atom is -0.493 e. The van der Waals surface area contributed by atoms with Crippen LogP contribution in [0.15, 0.2) is 65.3 Å². The normalized spacial score (nSPS) is 11.1. The highest BCUT2D eigenvalue weighted by Gasteiger charge is 2.12. The fourth-order valence-electron chi connectivity index (χ4n) is 3.92. The maximum Gasteiger partial charge on any atom is 0.286 e. The molecule has 0 unspecified atom stereocenters. The second-order valence-electron chi connectivity index (χ2n) is 7.93. The van der Waals surface area contributed by atoms with Crippen LogP contribution in [0.2, 0.25) is 0 Å². The first-order chi connectivity index (χ1) is 15.6. The van der Waals surface area contributed by atoms with Crippen molar-refractivity contribution in [3.05, 3.63) is 83.6 Å². The number of furan rings is 1. The van der Waals surface area contributed by atoms with Crippen LogP contribution in [-0.4, -0.2) is 28.6 Å². The van der Waals surface area contributed by atoms with Crippen LogP contribution in [-0.2, 0) is 13.0 Å². The summed E-state index contributed by atoms with van der Waals surface area (Å²) in [7, 11) is 0. The summed E-state index contributed by atoms with van der Waals surface area (Å²) >= 11 is 0. The number of rotatable bonds is 10. The van der Waals surface area contributed by atoms with Crippen molar-refractivity contribution in [2.75, 3.05) is 13.2 Å². The number of unbranched alkanes of at least 4 members (excludes halogenated alkanes) is 1. The number of nitrogens with zero attached hydrogens (tertiary/aromatic N) is 2. The van der Waals surface area contributed by atoms with Gasteiger partial charge >= 0.3 is 0 Å². The number of fused-ring (bicyclic) bond motifs is 1. The number of hydrogen-bond acceptors (Lipinski definition) is 4. The summed E-state index contributed by atoms with van der Waals surface area (Å²) < 4.78 is 13.5. The monoisotopic (exact) mass is 431 g/mol. The minimum absolute atomic E-state index is 0.207. The molecule has 2 aromatic carbocycles. The molecule has 0 atom stereocenters. The average molecular weight is 432 g/mol. The number of carbonyl (C=O) groups excluding carboxylic acids is 1. The number of aryl methyl sites for hydroxylation is 3. The SMILES string of the molecule is Cc1cccc(C)c1OCCCCn1c(CCNC(=O)c2ccco2)nc2ccccc21. The smallest absolute Gasteiger partial charge is 0.286 e. The van der Waals surface area contributed by atoms with E-state index in [1.807, 2.05) is 18.2 Å². The zero-order valence-corrected chi connectivity index (χ0v) is 18.6. The predicted octanol–water partition coefficient (Wildman–Crippen LogP) is 5.08. The molecule has 2 aromatic heterocycles. The molecule has 0 fully saturated rings. The van der Waals surface area contributed by atoms with E-state index in [4.69, 9.17) is 14.1 Å². The lowest BCUT2D eigenvalue weighted by atomic mass is 10.1. The summed E-state index contributed by atoms with van der Waals surface area (Å²) in [5.41, 5.74) is 4.44. The van der Waals surface area contributed by atoms with Crippen molar-refractivity contribution in [2.45, 2.75) is 39.7 Å². The van der Waals surface area contributed by atoms with Gasteiger partial charge in [-0.05, 0) is 62.1 Å². The molecule has 0 radical (unpaired) electrons. The molecule has 1 amide bonds. The quantitative estimate of drug-likeness (QED) is 0.356. The number of aromatic nitrogens is 2. The number of imidazole rings is 1. The molecule has 1 N–H and O–H groups in total. The number of amides is 1. The van der Waals surface area contributed by atoms with Gasteiger partial charge in [0.05, 0.1) is 23.9 Å². The lowest BCUT2D eigenvalue weighted by molar-refractivity contribution is 0.0926. The summed E-state index contributed by atoms with van der Waals surface area (Å²) in [4.78, 5) is 16.9. The number of nitrogens with one attached hydrogen (secondary N) is 1. The van der Waals surface area contributed by atoms with E-state index in [0.717, 1.165) is 42.0 Å². The van der Waals surface area contributed by atoms with Crippen LogP contribution < -0.4 is 10.1 Å². The van der Waals surface area contributed by atoms with E-state index in [0.29, 0.717) is 25.3 Å². The molecular formula is C26H29N3O3. The van der Waals surface area contributed by atoms with Crippen LogP contribution in [0, 0.1) is 13.8 Å². The molecule has 0 aliphatic carbocycles. The number of para-hydroxylation sites is 3. The summed E-state index contributed by atoms with van der Waals surface area (Å²) in [5.74, 6) is 2.08. The Kier molecular flexibility index (Phi) is 6.90. The molecule has 0 spiro atoms. The summed E-state index contributed by atoms with van der Waals surface area (Å²) in [6, 6.07) is 17.7. The highest BCUT2D eigenvalue weighted by molar-refractivity contribution is 5.91. The average Bonchev–Trinajstić information content (AvgIpc) is 3.44. The molecule has 6 nitrogen and oxygen atoms in total. The van der Waals surface area contributed by atoms with Gasteiger partial charge in [-0.15, -0.1) is 0 Å². The van der Waals surface area contributed by atoms with Crippen molar-refractivity contribution in [1.29, 1.82) is 0 Å². The second kappa shape index (κ2) is 10.2. The molecule has 0 saturated heterocycles. The van der Waals surface area contributed by atoms with E-state index in [1.165, 1.54) is 17.4 Å². The first kappa shape index (κ1) is 21.7. The maximum absolute atomic E-state index is 12.1. The molecule has 0 saturated carbocycles. The Labute approximate surface area is 188 Å². The van der Waals surface area contributed by atoms with Crippen LogP contribution in [0.25, 0.3) is 11.0 Å². The topological polar surface area (TPSA) is 69.3 Å². The van der Waals surface area contributed by atoms with Crippen molar-refractivity contribution in [2.24, 2.45) is 0 Å². The van der Waals surface area contributed by atoms with Gasteiger partial charge in [0.2, 0.25) is 0 Å². The number of benzene rings is 2. The summed E-state index contributed by atoms with van der Waals surface area (Å²) in [6.07, 6.45) is 4.09. The minimum atomic E-state index is -0.207. The van der Waals surface area contributed by atoms with Crippen molar-refractivity contribution in [3.8, 4) is 5.75 Å². The number of hydrogen-bond donors (Lipinski definition) is 1. The molecule has 166 valence electrons. The lowest BCUT2D eigenvalue weighted by Crippen LogP contribution is -2.26. The highest BCUT2D eigenvalue weighted by atomic mass is 16.5. The van der Waals surface area contributed by atoms with Crippen molar-refractivity contribution in [3.63, 3.8) is 0 Å². The zero-order chi connectivity index (χ0) is 22.3. The van der Waals surface area contributed by atoms with Crippen LogP contribution in [0.3, 0.4) is 0 Å². The third-order valence-electron chi connectivity index (χ3n) is 5.54. The van der Waals surface area contributed by atoms with Gasteiger partial charge in [0, 0.05) is 19.5 Å². The standard InChI is InChI=1S/C26H29N3O3/c1-19-9-7-10-20(2)25(19)32-17-6-5-16-29-22-12-4-3-11-21(22)28-24(29)14-15-27-26(30)23-13-8-18-31-23/h3-4,7-13,18H,5-6,14-17H2,1-2H3,(H,27,30). The summed E-state index contributed by atoms with van der Waals surface area (Å²) in [6.45, 7) is 6.21. The fourth-order valence-corrected chi connectivity index (χ4v) is 3.92. The van der Waals surface area contributed by atoms with Crippen LogP contribution >= 0.6 is 0 Å². The Morgan fingerprint density at radius 1 is 1.03 bits per heavy atom. The molecule has 6 heteroatoms. The van der Waals surface area contributed by atoms with Gasteiger partial charge in [-0.3, -0.25) is 4.79 Å². The van der Waals surface area contributed by atoms with Crippen molar-refractivity contribution in [1.82, 2.24) is 14.9 Å². The van der Waals surface area contributed by atoms with Gasteiger partial charge in [0.1, 0.15) is 11.6 Å². The lowest BCUT2D eigenvalue weighted by Gasteiger charge is -2.13. The van der Waals surface area contributed by atoms with E-state index in [9.17, 15) is 4.79 Å². The third-order valence-corrected chi connectivity index (χ3v) is 5.54. The Bertz CT molecular complexity index is 1160. The first-order valence-corrected chi connectivity index (χ1v) is 11.1. The Morgan fingerprint density at radius 3 is 2.62 bits per heavy atom. The molecule has 2 heterocycles. The van der Waals surface area contributed by atoms with Crippen LogP contribution in [0.4, 0.5) is 0 Å².